The molecule has 0 bridgehead atoms. The van der Waals surface area contributed by atoms with Gasteiger partial charge >= 0.3 is 0 Å². The van der Waals surface area contributed by atoms with E-state index in [-0.39, 0.29) is 17.2 Å². The van der Waals surface area contributed by atoms with E-state index in [2.05, 4.69) is 90.3 Å². The average molecular weight is 467 g/mol. The lowest BCUT2D eigenvalue weighted by molar-refractivity contribution is -0.117. The molecule has 3 aromatic carbocycles. The molecule has 3 aromatic rings. The van der Waals surface area contributed by atoms with Crippen LogP contribution in [0.5, 0.6) is 0 Å². The van der Waals surface area contributed by atoms with Crippen molar-refractivity contribution in [1.82, 2.24) is 0 Å². The van der Waals surface area contributed by atoms with E-state index in [1.807, 2.05) is 24.3 Å². The Labute approximate surface area is 174 Å². The number of halogens is 1. The summed E-state index contributed by atoms with van der Waals surface area (Å²) in [5.74, 6) is 0.0413. The summed E-state index contributed by atoms with van der Waals surface area (Å²) in [7, 11) is 0. The molecule has 2 nitrogen and oxygen atoms in total. The molecule has 0 spiro atoms. The van der Waals surface area contributed by atoms with Crippen LogP contribution < -0.4 is 5.32 Å². The van der Waals surface area contributed by atoms with Crippen LogP contribution in [-0.2, 0) is 10.2 Å². The summed E-state index contributed by atoms with van der Waals surface area (Å²) in [5, 5.41) is 3.11. The van der Waals surface area contributed by atoms with Gasteiger partial charge in [-0.15, -0.1) is 0 Å². The van der Waals surface area contributed by atoms with E-state index in [9.17, 15) is 4.79 Å². The van der Waals surface area contributed by atoms with Crippen LogP contribution in [0.2, 0.25) is 0 Å². The molecular weight excluding hydrogens is 445 g/mol. The predicted octanol–water partition coefficient (Wildman–Crippen LogP) is 5.85. The Morgan fingerprint density at radius 1 is 0.926 bits per heavy atom. The van der Waals surface area contributed by atoms with Gasteiger partial charge in [-0.25, -0.2) is 0 Å². The van der Waals surface area contributed by atoms with Crippen LogP contribution >= 0.6 is 22.6 Å². The number of amides is 1. The Balaban J connectivity index is 1.69. The predicted molar refractivity (Wildman–Crippen MR) is 119 cm³/mol. The number of rotatable bonds is 4. The molecular formula is C24H22INO. The third-order valence-corrected chi connectivity index (χ3v) is 6.17. The maximum absolute atomic E-state index is 13.1. The van der Waals surface area contributed by atoms with Crippen LogP contribution in [0.1, 0.15) is 28.7 Å². The number of hydrogen-bond donors (Lipinski definition) is 1. The van der Waals surface area contributed by atoms with Crippen molar-refractivity contribution < 1.29 is 4.79 Å². The van der Waals surface area contributed by atoms with Crippen molar-refractivity contribution >= 4 is 34.2 Å². The van der Waals surface area contributed by atoms with Gasteiger partial charge in [-0.1, -0.05) is 59.7 Å². The lowest BCUT2D eigenvalue weighted by atomic mass is 9.84. The summed E-state index contributed by atoms with van der Waals surface area (Å²) < 4.78 is 1.16. The zero-order chi connectivity index (χ0) is 19.0. The number of hydrogen-bond acceptors (Lipinski definition) is 1. The first-order chi connectivity index (χ1) is 13.0. The lowest BCUT2D eigenvalue weighted by Crippen LogP contribution is -2.22. The molecule has 136 valence electrons. The first-order valence-corrected chi connectivity index (χ1v) is 10.3. The third kappa shape index (κ3) is 3.53. The highest BCUT2D eigenvalue weighted by molar-refractivity contribution is 14.1. The zero-order valence-electron chi connectivity index (χ0n) is 15.5. The smallest absolute Gasteiger partial charge is 0.228 e. The van der Waals surface area contributed by atoms with Gasteiger partial charge in [-0.3, -0.25) is 4.79 Å². The van der Waals surface area contributed by atoms with E-state index in [1.165, 1.54) is 22.3 Å². The summed E-state index contributed by atoms with van der Waals surface area (Å²) in [5.41, 5.74) is 5.54. The largest absolute Gasteiger partial charge is 0.326 e. The number of carbonyl (C=O) groups is 1. The van der Waals surface area contributed by atoms with Crippen LogP contribution in [0.3, 0.4) is 0 Å². The molecule has 27 heavy (non-hydrogen) atoms. The molecule has 1 N–H and O–H groups in total. The van der Waals surface area contributed by atoms with Crippen LogP contribution in [0.25, 0.3) is 0 Å². The number of carbonyl (C=O) groups excluding carboxylic acids is 1. The maximum atomic E-state index is 13.1. The number of nitrogens with one attached hydrogen (secondary N) is 1. The maximum Gasteiger partial charge on any atom is 0.228 e. The third-order valence-electron chi connectivity index (χ3n) is 5.46. The number of aryl methyl sites for hydroxylation is 2. The van der Waals surface area contributed by atoms with Crippen LogP contribution in [0.15, 0.2) is 72.8 Å². The molecule has 3 heteroatoms. The lowest BCUT2D eigenvalue weighted by Gasteiger charge is -2.20. The van der Waals surface area contributed by atoms with Gasteiger partial charge in [0.05, 0.1) is 5.92 Å². The van der Waals surface area contributed by atoms with Crippen LogP contribution in [0, 0.1) is 23.3 Å². The second-order valence-electron chi connectivity index (χ2n) is 7.46. The summed E-state index contributed by atoms with van der Waals surface area (Å²) in [6.45, 7) is 4.22. The summed E-state index contributed by atoms with van der Waals surface area (Å²) in [6.07, 6.45) is 0.843. The molecule has 4 rings (SSSR count). The Bertz CT molecular complexity index is 948. The molecule has 1 aliphatic rings. The molecule has 0 unspecified atom stereocenters. The van der Waals surface area contributed by atoms with Crippen LogP contribution in [-0.4, -0.2) is 5.91 Å². The van der Waals surface area contributed by atoms with Crippen molar-refractivity contribution in [3.8, 4) is 0 Å². The van der Waals surface area contributed by atoms with E-state index in [0.717, 1.165) is 15.7 Å². The Kier molecular flexibility index (Phi) is 4.81. The summed E-state index contributed by atoms with van der Waals surface area (Å²) in [6, 6.07) is 25.1. The molecule has 0 aliphatic heterocycles. The van der Waals surface area contributed by atoms with Crippen molar-refractivity contribution in [2.24, 2.45) is 5.92 Å². The van der Waals surface area contributed by atoms with Gasteiger partial charge in [0.25, 0.3) is 0 Å². The standard InChI is InChI=1S/C24H22INO/c1-16-5-3-7-18(13-16)24(19-8-4-6-17(2)14-19)15-22(24)23(27)26-21-11-9-20(25)10-12-21/h3-14,22H,15H2,1-2H3,(H,26,27)/t22-/m1/s1. The van der Waals surface area contributed by atoms with Gasteiger partial charge in [0.15, 0.2) is 0 Å². The average Bonchev–Trinajstić information content (AvgIpc) is 3.41. The second-order valence-corrected chi connectivity index (χ2v) is 8.71. The van der Waals surface area contributed by atoms with Crippen molar-refractivity contribution in [2.45, 2.75) is 25.7 Å². The molecule has 1 saturated carbocycles. The highest BCUT2D eigenvalue weighted by atomic mass is 127. The monoisotopic (exact) mass is 467 g/mol. The Morgan fingerprint density at radius 3 is 2.00 bits per heavy atom. The zero-order valence-corrected chi connectivity index (χ0v) is 17.7. The molecule has 0 aromatic heterocycles. The molecule has 1 fully saturated rings. The molecule has 0 heterocycles. The quantitative estimate of drug-likeness (QED) is 0.479. The highest BCUT2D eigenvalue weighted by Gasteiger charge is 2.60. The van der Waals surface area contributed by atoms with E-state index in [4.69, 9.17) is 0 Å². The number of anilines is 1. The normalized spacial score (nSPS) is 17.4. The van der Waals surface area contributed by atoms with E-state index >= 15 is 0 Å². The van der Waals surface area contributed by atoms with Crippen molar-refractivity contribution in [3.63, 3.8) is 0 Å². The molecule has 0 saturated heterocycles. The molecule has 0 radical (unpaired) electrons. The molecule has 1 atom stereocenters. The fourth-order valence-corrected chi connectivity index (χ4v) is 4.35. The second kappa shape index (κ2) is 7.12. The molecule has 1 amide bonds. The SMILES string of the molecule is Cc1cccc(C2(c3cccc(C)c3)C[C@@H]2C(=O)Nc2ccc(I)cc2)c1. The van der Waals surface area contributed by atoms with Crippen molar-refractivity contribution in [1.29, 1.82) is 0 Å². The summed E-state index contributed by atoms with van der Waals surface area (Å²) in [4.78, 5) is 13.1. The van der Waals surface area contributed by atoms with E-state index < -0.39 is 0 Å². The van der Waals surface area contributed by atoms with Gasteiger partial charge in [-0.05, 0) is 78.3 Å². The molecule has 1 aliphatic carbocycles. The first-order valence-electron chi connectivity index (χ1n) is 9.20. The van der Waals surface area contributed by atoms with Gasteiger partial charge in [0.1, 0.15) is 0 Å². The number of benzene rings is 3. The summed E-state index contributed by atoms with van der Waals surface area (Å²) >= 11 is 2.27. The van der Waals surface area contributed by atoms with E-state index in [0.29, 0.717) is 0 Å². The minimum absolute atomic E-state index is 0.0552. The fourth-order valence-electron chi connectivity index (χ4n) is 3.99. The van der Waals surface area contributed by atoms with Gasteiger partial charge in [-0.2, -0.15) is 0 Å². The Morgan fingerprint density at radius 2 is 1.48 bits per heavy atom. The highest BCUT2D eigenvalue weighted by Crippen LogP contribution is 2.59. The van der Waals surface area contributed by atoms with Gasteiger partial charge < -0.3 is 5.32 Å². The first kappa shape index (κ1) is 18.2. The van der Waals surface area contributed by atoms with Crippen LogP contribution in [0.4, 0.5) is 5.69 Å². The van der Waals surface area contributed by atoms with E-state index in [1.54, 1.807) is 0 Å². The van der Waals surface area contributed by atoms with Gasteiger partial charge in [0.2, 0.25) is 5.91 Å². The van der Waals surface area contributed by atoms with Crippen molar-refractivity contribution in [3.05, 3.63) is 98.6 Å². The topological polar surface area (TPSA) is 29.1 Å². The minimum atomic E-state index is -0.231. The van der Waals surface area contributed by atoms with Gasteiger partial charge in [0, 0.05) is 14.7 Å². The Hall–Kier alpha value is -2.14. The van der Waals surface area contributed by atoms with Crippen molar-refractivity contribution in [2.75, 3.05) is 5.32 Å². The minimum Gasteiger partial charge on any atom is -0.326 e. The fraction of sp³-hybridized carbons (Fsp3) is 0.208.